The Morgan fingerprint density at radius 1 is 0.683 bits per heavy atom. The van der Waals surface area contributed by atoms with Gasteiger partial charge in [0.15, 0.2) is 0 Å². The molecule has 0 aliphatic carbocycles. The van der Waals surface area contributed by atoms with E-state index >= 15 is 0 Å². The lowest BCUT2D eigenvalue weighted by Gasteiger charge is -2.38. The van der Waals surface area contributed by atoms with Crippen LogP contribution in [0, 0.1) is 5.92 Å². The highest BCUT2D eigenvalue weighted by atomic mass is 16.5. The number of aromatic hydroxyl groups is 1. The smallest absolute Gasteiger partial charge is 0.262 e. The molecule has 4 aromatic carbocycles. The molecule has 0 unspecified atom stereocenters. The fraction of sp³-hybridized carbons (Fsp3) is 0.429. The zero-order valence-corrected chi connectivity index (χ0v) is 35.4. The molecule has 5 heterocycles. The zero-order chi connectivity index (χ0) is 42.3. The van der Waals surface area contributed by atoms with Crippen LogP contribution in [0.25, 0.3) is 0 Å². The lowest BCUT2D eigenvalue weighted by Crippen LogP contribution is -2.54. The van der Waals surface area contributed by atoms with Gasteiger partial charge in [0.05, 0.1) is 17.7 Å². The minimum atomic E-state index is -0.959. The van der Waals surface area contributed by atoms with E-state index in [9.17, 15) is 24.3 Å². The second-order valence-corrected chi connectivity index (χ2v) is 15.8. The van der Waals surface area contributed by atoms with Gasteiger partial charge in [0.1, 0.15) is 17.5 Å². The Labute approximate surface area is 354 Å². The molecule has 11 nitrogen and oxygen atoms in total. The molecule has 4 amide bonds. The fourth-order valence-electron chi connectivity index (χ4n) is 9.42. The molecule has 4 aromatic rings. The van der Waals surface area contributed by atoms with Crippen molar-refractivity contribution < 1.29 is 29.0 Å². The highest BCUT2D eigenvalue weighted by molar-refractivity contribution is 6.23. The molecule has 5 aliphatic rings. The first-order valence-corrected chi connectivity index (χ1v) is 22.0. The predicted octanol–water partition coefficient (Wildman–Crippen LogP) is 7.58. The number of phenolic OH excluding ortho intramolecular Hbond substituents is 1. The van der Waals surface area contributed by atoms with E-state index in [0.29, 0.717) is 23.7 Å². The van der Waals surface area contributed by atoms with Gasteiger partial charge in [-0.3, -0.25) is 34.3 Å². The molecule has 9 rings (SSSR count). The van der Waals surface area contributed by atoms with Crippen molar-refractivity contribution in [3.05, 3.63) is 119 Å². The number of carbonyl (C=O) groups is 4. The summed E-state index contributed by atoms with van der Waals surface area (Å²) in [5, 5.41) is 12.4. The number of anilines is 2. The maximum absolute atomic E-state index is 13.3. The first-order chi connectivity index (χ1) is 29.3. The second kappa shape index (κ2) is 19.1. The van der Waals surface area contributed by atoms with E-state index in [4.69, 9.17) is 4.74 Å². The van der Waals surface area contributed by atoms with Crippen molar-refractivity contribution in [2.45, 2.75) is 77.7 Å². The van der Waals surface area contributed by atoms with Crippen molar-refractivity contribution in [2.24, 2.45) is 5.92 Å². The highest BCUT2D eigenvalue weighted by Gasteiger charge is 2.45. The van der Waals surface area contributed by atoms with Gasteiger partial charge in [-0.15, -0.1) is 0 Å². The molecule has 3 saturated heterocycles. The van der Waals surface area contributed by atoms with Crippen LogP contribution < -0.4 is 19.9 Å². The van der Waals surface area contributed by atoms with E-state index in [0.717, 1.165) is 67.7 Å². The van der Waals surface area contributed by atoms with E-state index in [-0.39, 0.29) is 36.3 Å². The summed E-state index contributed by atoms with van der Waals surface area (Å²) in [7, 11) is 0. The number of nitrogens with zero attached hydrogens (tertiary/aromatic N) is 4. The maximum Gasteiger partial charge on any atom is 0.262 e. The van der Waals surface area contributed by atoms with Crippen LogP contribution in [-0.2, 0) is 9.59 Å². The molecular weight excluding hydrogens is 755 g/mol. The van der Waals surface area contributed by atoms with Crippen LogP contribution in [0.3, 0.4) is 0 Å². The summed E-state index contributed by atoms with van der Waals surface area (Å²) in [6.45, 7) is 15.3. The number of piperazine rings is 1. The van der Waals surface area contributed by atoms with Crippen LogP contribution in [0.1, 0.15) is 109 Å². The fourth-order valence-corrected chi connectivity index (χ4v) is 9.42. The van der Waals surface area contributed by atoms with Crippen molar-refractivity contribution in [3.8, 4) is 11.5 Å². The SMILES string of the molecule is CC.CC.O=C1CC[C@H](N2C(=O)c3ccc(N4CCN(CCC5CCN(c6ccc([C@@H]7c8ccc(O)cc8OC[C@@H]7c7ccccc7)cc6)CC5)CC4)cc3C2=O)C(=O)N1. The minimum absolute atomic E-state index is 0.103. The lowest BCUT2D eigenvalue weighted by molar-refractivity contribution is -0.136. The van der Waals surface area contributed by atoms with Crippen LogP contribution in [0.2, 0.25) is 0 Å². The summed E-state index contributed by atoms with van der Waals surface area (Å²) in [5.74, 6) is 0.0525. The van der Waals surface area contributed by atoms with Crippen LogP contribution in [0.5, 0.6) is 11.5 Å². The molecule has 5 aliphatic heterocycles. The average Bonchev–Trinajstić information content (AvgIpc) is 3.54. The molecule has 0 radical (unpaired) electrons. The van der Waals surface area contributed by atoms with Gasteiger partial charge < -0.3 is 19.6 Å². The Bertz CT molecular complexity index is 2140. The number of ether oxygens (including phenoxy) is 1. The van der Waals surface area contributed by atoms with Crippen molar-refractivity contribution in [2.75, 3.05) is 62.2 Å². The molecule has 3 fully saturated rings. The summed E-state index contributed by atoms with van der Waals surface area (Å²) < 4.78 is 6.17. The average molecular weight is 814 g/mol. The number of piperidine rings is 2. The third kappa shape index (κ3) is 8.77. The maximum atomic E-state index is 13.3. The van der Waals surface area contributed by atoms with Gasteiger partial charge in [-0.05, 0) is 85.7 Å². The molecular formula is C49H59N5O6. The van der Waals surface area contributed by atoms with Crippen LogP contribution in [0.15, 0.2) is 91.0 Å². The van der Waals surface area contributed by atoms with E-state index in [2.05, 4.69) is 68.5 Å². The monoisotopic (exact) mass is 813 g/mol. The zero-order valence-electron chi connectivity index (χ0n) is 35.4. The molecule has 11 heteroatoms. The van der Waals surface area contributed by atoms with Gasteiger partial charge in [-0.2, -0.15) is 0 Å². The number of imide groups is 2. The molecule has 0 spiro atoms. The molecule has 60 heavy (non-hydrogen) atoms. The third-order valence-corrected chi connectivity index (χ3v) is 12.6. The number of nitrogens with one attached hydrogen (secondary N) is 1. The van der Waals surface area contributed by atoms with Gasteiger partial charge >= 0.3 is 0 Å². The Balaban J connectivity index is 0.00000132. The Hall–Kier alpha value is -5.68. The number of benzene rings is 4. The van der Waals surface area contributed by atoms with Crippen LogP contribution >= 0.6 is 0 Å². The standard InChI is InChI=1S/C45H47N5O6.2C2H6/c51-34-11-13-36-40(27-34)56-28-38(30-4-2-1-3-5-30)42(36)31-6-8-32(9-7-31)48-20-17-29(18-21-48)16-19-47-22-24-49(25-23-47)33-10-12-35-37(26-33)45(55)50(44(35)54)39-14-15-41(52)46-43(39)53;2*1-2/h1-13,26-27,29,38-39,42,51H,14-25,28H2,(H,46,52,53);2*1-2H3/t38-,39+,42-;;/m1../s1. The largest absolute Gasteiger partial charge is 0.508 e. The Kier molecular flexibility index (Phi) is 13.5. The van der Waals surface area contributed by atoms with Crippen molar-refractivity contribution >= 4 is 35.0 Å². The molecule has 0 aromatic heterocycles. The Morgan fingerprint density at radius 2 is 1.35 bits per heavy atom. The normalized spacial score (nSPS) is 21.8. The van der Waals surface area contributed by atoms with Gasteiger partial charge in [0.2, 0.25) is 11.8 Å². The highest BCUT2D eigenvalue weighted by Crippen LogP contribution is 2.47. The van der Waals surface area contributed by atoms with Crippen molar-refractivity contribution in [1.29, 1.82) is 0 Å². The van der Waals surface area contributed by atoms with Crippen molar-refractivity contribution in [1.82, 2.24) is 15.1 Å². The number of rotatable bonds is 8. The summed E-state index contributed by atoms with van der Waals surface area (Å²) in [5.41, 5.74) is 6.42. The quantitative estimate of drug-likeness (QED) is 0.174. The van der Waals surface area contributed by atoms with Crippen molar-refractivity contribution in [3.63, 3.8) is 0 Å². The van der Waals surface area contributed by atoms with E-state index in [1.165, 1.54) is 36.1 Å². The Morgan fingerprint density at radius 3 is 2.05 bits per heavy atom. The number of amides is 4. The molecule has 0 saturated carbocycles. The summed E-state index contributed by atoms with van der Waals surface area (Å²) >= 11 is 0. The first-order valence-electron chi connectivity index (χ1n) is 22.0. The molecule has 316 valence electrons. The number of carbonyl (C=O) groups excluding carboxylic acids is 4. The minimum Gasteiger partial charge on any atom is -0.508 e. The van der Waals surface area contributed by atoms with Gasteiger partial charge in [0.25, 0.3) is 11.8 Å². The predicted molar refractivity (Wildman–Crippen MR) is 235 cm³/mol. The van der Waals surface area contributed by atoms with Gasteiger partial charge in [-0.1, -0.05) is 76.2 Å². The molecule has 0 bridgehead atoms. The summed E-state index contributed by atoms with van der Waals surface area (Å²) in [4.78, 5) is 58.9. The molecule has 3 atom stereocenters. The van der Waals surface area contributed by atoms with Gasteiger partial charge in [-0.25, -0.2) is 0 Å². The van der Waals surface area contributed by atoms with Gasteiger partial charge in [0, 0.05) is 80.5 Å². The molecule has 2 N–H and O–H groups in total. The third-order valence-electron chi connectivity index (χ3n) is 12.6. The van der Waals surface area contributed by atoms with Crippen LogP contribution in [-0.4, -0.2) is 97.0 Å². The topological polar surface area (TPSA) is 123 Å². The summed E-state index contributed by atoms with van der Waals surface area (Å²) in [6.07, 6.45) is 3.78. The number of phenols is 1. The van der Waals surface area contributed by atoms with Crippen LogP contribution in [0.4, 0.5) is 11.4 Å². The number of fused-ring (bicyclic) bond motifs is 2. The number of hydrogen-bond acceptors (Lipinski definition) is 9. The number of hydrogen-bond donors (Lipinski definition) is 2. The second-order valence-electron chi connectivity index (χ2n) is 15.8. The van der Waals surface area contributed by atoms with E-state index < -0.39 is 23.8 Å². The van der Waals surface area contributed by atoms with E-state index in [1.807, 2.05) is 45.9 Å². The van der Waals surface area contributed by atoms with E-state index in [1.54, 1.807) is 24.3 Å². The lowest BCUT2D eigenvalue weighted by atomic mass is 9.76. The summed E-state index contributed by atoms with van der Waals surface area (Å²) in [6, 6.07) is 29.6. The first kappa shape index (κ1) is 42.4.